The van der Waals surface area contributed by atoms with Crippen LogP contribution in [0.15, 0.2) is 18.3 Å². The highest BCUT2D eigenvalue weighted by molar-refractivity contribution is 5.30. The van der Waals surface area contributed by atoms with Gasteiger partial charge in [0.1, 0.15) is 5.82 Å². The Labute approximate surface area is 75.8 Å². The van der Waals surface area contributed by atoms with Gasteiger partial charge in [0.15, 0.2) is 5.82 Å². The van der Waals surface area contributed by atoms with E-state index in [1.807, 2.05) is 20.0 Å². The Morgan fingerprint density at radius 1 is 1.38 bits per heavy atom. The fourth-order valence-electron chi connectivity index (χ4n) is 1.12. The summed E-state index contributed by atoms with van der Waals surface area (Å²) in [6.07, 6.45) is 1.79. The lowest BCUT2D eigenvalue weighted by atomic mass is 10.5. The van der Waals surface area contributed by atoms with Crippen LogP contribution in [0.4, 0.5) is 5.82 Å². The molecule has 0 aliphatic rings. The number of hydrogen-bond donors (Lipinski definition) is 1. The van der Waals surface area contributed by atoms with Crippen LogP contribution < -0.4 is 5.73 Å². The van der Waals surface area contributed by atoms with E-state index in [1.165, 1.54) is 0 Å². The van der Waals surface area contributed by atoms with E-state index in [0.717, 1.165) is 11.5 Å². The van der Waals surface area contributed by atoms with Crippen LogP contribution in [0.25, 0.3) is 5.82 Å². The lowest BCUT2D eigenvalue weighted by Gasteiger charge is -1.92. The lowest BCUT2D eigenvalue weighted by Crippen LogP contribution is -1.98. The van der Waals surface area contributed by atoms with Crippen molar-refractivity contribution in [2.45, 2.75) is 6.92 Å². The van der Waals surface area contributed by atoms with Crippen molar-refractivity contribution in [1.29, 1.82) is 0 Å². The maximum atomic E-state index is 5.49. The summed E-state index contributed by atoms with van der Waals surface area (Å²) in [5, 5.41) is 8.31. The highest BCUT2D eigenvalue weighted by atomic mass is 15.4. The molecule has 2 rings (SSSR count). The molecule has 0 saturated heterocycles. The third-order valence-electron chi connectivity index (χ3n) is 1.95. The van der Waals surface area contributed by atoms with Crippen LogP contribution in [0.5, 0.6) is 0 Å². The number of aryl methyl sites for hydroxylation is 2. The first-order chi connectivity index (χ1) is 6.16. The van der Waals surface area contributed by atoms with E-state index in [9.17, 15) is 0 Å². The molecule has 0 amide bonds. The summed E-state index contributed by atoms with van der Waals surface area (Å²) in [4.78, 5) is 0. The zero-order valence-electron chi connectivity index (χ0n) is 7.60. The minimum absolute atomic E-state index is 0.503. The van der Waals surface area contributed by atoms with Gasteiger partial charge in [0.2, 0.25) is 0 Å². The zero-order chi connectivity index (χ0) is 9.42. The van der Waals surface area contributed by atoms with Gasteiger partial charge in [-0.2, -0.15) is 5.10 Å². The van der Waals surface area contributed by atoms with E-state index in [2.05, 4.69) is 10.2 Å². The molecular formula is C8H11N5. The number of nitrogen functional groups attached to an aromatic ring is 1. The summed E-state index contributed by atoms with van der Waals surface area (Å²) in [5.74, 6) is 1.29. The molecule has 2 aromatic heterocycles. The Hall–Kier alpha value is -1.78. The van der Waals surface area contributed by atoms with Crippen LogP contribution in [0.1, 0.15) is 5.69 Å². The fraction of sp³-hybridized carbons (Fsp3) is 0.250. The molecule has 0 spiro atoms. The summed E-state index contributed by atoms with van der Waals surface area (Å²) < 4.78 is 3.45. The van der Waals surface area contributed by atoms with Crippen LogP contribution in [0.2, 0.25) is 0 Å². The fourth-order valence-corrected chi connectivity index (χ4v) is 1.12. The molecule has 0 bridgehead atoms. The largest absolute Gasteiger partial charge is 0.382 e. The first kappa shape index (κ1) is 7.85. The Kier molecular flexibility index (Phi) is 1.58. The second kappa shape index (κ2) is 2.62. The zero-order valence-corrected chi connectivity index (χ0v) is 7.60. The van der Waals surface area contributed by atoms with Gasteiger partial charge < -0.3 is 5.73 Å². The lowest BCUT2D eigenvalue weighted by molar-refractivity contribution is 0.714. The SMILES string of the molecule is Cc1cc(-n2ccc(N)n2)nn1C. The van der Waals surface area contributed by atoms with Gasteiger partial charge in [-0.05, 0) is 6.92 Å². The minimum Gasteiger partial charge on any atom is -0.382 e. The topological polar surface area (TPSA) is 61.7 Å². The average molecular weight is 177 g/mol. The Bertz CT molecular complexity index is 406. The summed E-state index contributed by atoms with van der Waals surface area (Å²) in [6, 6.07) is 3.69. The van der Waals surface area contributed by atoms with Crippen LogP contribution in [-0.2, 0) is 7.05 Å². The van der Waals surface area contributed by atoms with E-state index in [1.54, 1.807) is 21.6 Å². The summed E-state index contributed by atoms with van der Waals surface area (Å²) >= 11 is 0. The molecule has 0 aliphatic heterocycles. The maximum Gasteiger partial charge on any atom is 0.175 e. The molecule has 0 aliphatic carbocycles. The number of rotatable bonds is 1. The molecule has 68 valence electrons. The average Bonchev–Trinajstić information content (AvgIpc) is 2.61. The van der Waals surface area contributed by atoms with Gasteiger partial charge in [-0.15, -0.1) is 5.10 Å². The van der Waals surface area contributed by atoms with E-state index < -0.39 is 0 Å². The van der Waals surface area contributed by atoms with Gasteiger partial charge in [-0.1, -0.05) is 0 Å². The quantitative estimate of drug-likeness (QED) is 0.689. The van der Waals surface area contributed by atoms with E-state index in [0.29, 0.717) is 5.82 Å². The molecule has 2 N–H and O–H groups in total. The normalized spacial score (nSPS) is 10.6. The highest BCUT2D eigenvalue weighted by Crippen LogP contribution is 2.07. The van der Waals surface area contributed by atoms with Gasteiger partial charge in [-0.3, -0.25) is 4.68 Å². The number of hydrogen-bond acceptors (Lipinski definition) is 3. The molecule has 13 heavy (non-hydrogen) atoms. The maximum absolute atomic E-state index is 5.49. The highest BCUT2D eigenvalue weighted by Gasteiger charge is 2.03. The van der Waals surface area contributed by atoms with Gasteiger partial charge in [0.25, 0.3) is 0 Å². The number of nitrogens with two attached hydrogens (primary N) is 1. The van der Waals surface area contributed by atoms with Crippen molar-refractivity contribution in [3.05, 3.63) is 24.0 Å². The summed E-state index contributed by atoms with van der Waals surface area (Å²) in [6.45, 7) is 1.99. The Morgan fingerprint density at radius 3 is 2.62 bits per heavy atom. The smallest absolute Gasteiger partial charge is 0.175 e. The van der Waals surface area contributed by atoms with Gasteiger partial charge in [0, 0.05) is 31.1 Å². The number of aromatic nitrogens is 4. The number of anilines is 1. The van der Waals surface area contributed by atoms with Crippen molar-refractivity contribution >= 4 is 5.82 Å². The van der Waals surface area contributed by atoms with E-state index in [4.69, 9.17) is 5.73 Å². The molecule has 0 saturated carbocycles. The minimum atomic E-state index is 0.503. The molecule has 0 atom stereocenters. The molecule has 0 unspecified atom stereocenters. The number of nitrogens with zero attached hydrogens (tertiary/aromatic N) is 4. The monoisotopic (exact) mass is 177 g/mol. The second-order valence-electron chi connectivity index (χ2n) is 2.95. The van der Waals surface area contributed by atoms with Crippen LogP contribution in [-0.4, -0.2) is 19.6 Å². The first-order valence-corrected chi connectivity index (χ1v) is 3.99. The predicted octanol–water partition coefficient (Wildman–Crippen LogP) is 0.496. The molecule has 0 fully saturated rings. The van der Waals surface area contributed by atoms with E-state index >= 15 is 0 Å². The van der Waals surface area contributed by atoms with Gasteiger partial charge >= 0.3 is 0 Å². The first-order valence-electron chi connectivity index (χ1n) is 3.99. The van der Waals surface area contributed by atoms with Crippen molar-refractivity contribution in [3.8, 4) is 5.82 Å². The predicted molar refractivity (Wildman–Crippen MR) is 49.5 cm³/mol. The molecule has 0 radical (unpaired) electrons. The van der Waals surface area contributed by atoms with Crippen molar-refractivity contribution in [2.75, 3.05) is 5.73 Å². The van der Waals surface area contributed by atoms with Crippen molar-refractivity contribution in [3.63, 3.8) is 0 Å². The van der Waals surface area contributed by atoms with Crippen LogP contribution >= 0.6 is 0 Å². The molecular weight excluding hydrogens is 166 g/mol. The molecule has 2 aromatic rings. The third kappa shape index (κ3) is 1.28. The Morgan fingerprint density at radius 2 is 2.15 bits per heavy atom. The standard InChI is InChI=1S/C8H11N5/c1-6-5-8(11-12(6)2)13-4-3-7(9)10-13/h3-5H,1-2H3,(H2,9,10). The van der Waals surface area contributed by atoms with Crippen molar-refractivity contribution in [1.82, 2.24) is 19.6 Å². The Balaban J connectivity index is 2.46. The van der Waals surface area contributed by atoms with Crippen LogP contribution in [0, 0.1) is 6.92 Å². The van der Waals surface area contributed by atoms with Crippen molar-refractivity contribution < 1.29 is 0 Å². The van der Waals surface area contributed by atoms with Gasteiger partial charge in [-0.25, -0.2) is 4.68 Å². The van der Waals surface area contributed by atoms with Gasteiger partial charge in [0.05, 0.1) is 0 Å². The summed E-state index contributed by atoms with van der Waals surface area (Å²) in [7, 11) is 1.89. The summed E-state index contributed by atoms with van der Waals surface area (Å²) in [5.41, 5.74) is 6.58. The van der Waals surface area contributed by atoms with Crippen LogP contribution in [0.3, 0.4) is 0 Å². The van der Waals surface area contributed by atoms with E-state index in [-0.39, 0.29) is 0 Å². The molecule has 5 heteroatoms. The molecule has 5 nitrogen and oxygen atoms in total. The second-order valence-corrected chi connectivity index (χ2v) is 2.95. The molecule has 0 aromatic carbocycles. The third-order valence-corrected chi connectivity index (χ3v) is 1.95. The van der Waals surface area contributed by atoms with Crippen molar-refractivity contribution in [2.24, 2.45) is 7.05 Å². The molecule has 2 heterocycles.